The Balaban J connectivity index is 1.21. The number of benzene rings is 7. The van der Waals surface area contributed by atoms with Crippen molar-refractivity contribution in [1.29, 1.82) is 0 Å². The molecule has 0 unspecified atom stereocenters. The van der Waals surface area contributed by atoms with Crippen LogP contribution in [0.25, 0.3) is 88.5 Å². The fraction of sp³-hybridized carbons (Fsp3) is 0. The van der Waals surface area contributed by atoms with E-state index in [-0.39, 0.29) is 0 Å². The minimum atomic E-state index is 0.687. The summed E-state index contributed by atoms with van der Waals surface area (Å²) >= 11 is 0. The molecule has 0 aliphatic carbocycles. The maximum absolute atomic E-state index is 6.50. The molecule has 0 aliphatic rings. The zero-order chi connectivity index (χ0) is 29.7. The maximum atomic E-state index is 6.50. The van der Waals surface area contributed by atoms with E-state index in [9.17, 15) is 0 Å². The normalized spacial score (nSPS) is 11.6. The van der Waals surface area contributed by atoms with Gasteiger partial charge in [-0.3, -0.25) is 0 Å². The first-order valence-corrected chi connectivity index (χ1v) is 15.2. The van der Waals surface area contributed by atoms with E-state index < -0.39 is 0 Å². The number of nitrogens with zero attached hydrogens (tertiary/aromatic N) is 2. The average Bonchev–Trinajstić information content (AvgIpc) is 3.51. The van der Waals surface area contributed by atoms with Gasteiger partial charge < -0.3 is 4.42 Å². The van der Waals surface area contributed by atoms with Crippen molar-refractivity contribution in [3.05, 3.63) is 158 Å². The average molecular weight is 575 g/mol. The summed E-state index contributed by atoms with van der Waals surface area (Å²) < 4.78 is 6.50. The predicted molar refractivity (Wildman–Crippen MR) is 186 cm³/mol. The minimum absolute atomic E-state index is 0.687. The summed E-state index contributed by atoms with van der Waals surface area (Å²) in [5.41, 5.74) is 8.87. The quantitative estimate of drug-likeness (QED) is 0.210. The Hall–Kier alpha value is -6.06. The lowest BCUT2D eigenvalue weighted by molar-refractivity contribution is 0.673. The minimum Gasteiger partial charge on any atom is -0.455 e. The molecule has 0 atom stereocenters. The molecule has 0 radical (unpaired) electrons. The highest BCUT2D eigenvalue weighted by atomic mass is 16.3. The SMILES string of the molecule is c1ccc(-c2cc(-c3cccc4oc5c6ccccc6ccc5c34)nc(-c3ccc(-c4ccc5ccccc5c4)cc3)n2)cc1. The van der Waals surface area contributed by atoms with Crippen molar-refractivity contribution in [1.82, 2.24) is 9.97 Å². The second kappa shape index (κ2) is 10.3. The van der Waals surface area contributed by atoms with Crippen LogP contribution in [-0.4, -0.2) is 9.97 Å². The Labute approximate surface area is 260 Å². The molecule has 2 heterocycles. The van der Waals surface area contributed by atoms with Crippen LogP contribution in [0.5, 0.6) is 0 Å². The van der Waals surface area contributed by atoms with Gasteiger partial charge in [0, 0.05) is 32.8 Å². The standard InChI is InChI=1S/C42H26N2O/c1-2-11-30(12-3-1)37-26-38(35-15-8-16-39-40(35)36-24-23-29-10-6-7-14-34(29)41(36)45-39)44-42(43-37)31-20-17-28(18-21-31)33-22-19-27-9-4-5-13-32(27)25-33/h1-26H. The first-order chi connectivity index (χ1) is 22.3. The van der Waals surface area contributed by atoms with Crippen LogP contribution in [0.2, 0.25) is 0 Å². The van der Waals surface area contributed by atoms with Crippen molar-refractivity contribution in [3.8, 4) is 45.0 Å². The summed E-state index contributed by atoms with van der Waals surface area (Å²) in [5, 5.41) is 6.89. The first kappa shape index (κ1) is 25.4. The van der Waals surface area contributed by atoms with Crippen molar-refractivity contribution >= 4 is 43.5 Å². The van der Waals surface area contributed by atoms with Gasteiger partial charge >= 0.3 is 0 Å². The first-order valence-electron chi connectivity index (χ1n) is 15.2. The van der Waals surface area contributed by atoms with Crippen LogP contribution < -0.4 is 0 Å². The molecule has 0 saturated heterocycles. The largest absolute Gasteiger partial charge is 0.455 e. The van der Waals surface area contributed by atoms with Gasteiger partial charge in [0.1, 0.15) is 11.2 Å². The lowest BCUT2D eigenvalue weighted by atomic mass is 9.99. The zero-order valence-corrected chi connectivity index (χ0v) is 24.3. The Bertz CT molecular complexity index is 2530. The third-order valence-electron chi connectivity index (χ3n) is 8.68. The number of hydrogen-bond acceptors (Lipinski definition) is 3. The molecule has 45 heavy (non-hydrogen) atoms. The lowest BCUT2D eigenvalue weighted by Crippen LogP contribution is -1.96. The lowest BCUT2D eigenvalue weighted by Gasteiger charge is -2.11. The van der Waals surface area contributed by atoms with E-state index in [0.717, 1.165) is 66.4 Å². The molecule has 0 aliphatic heterocycles. The monoisotopic (exact) mass is 574 g/mol. The van der Waals surface area contributed by atoms with Crippen LogP contribution in [0.1, 0.15) is 0 Å². The van der Waals surface area contributed by atoms with Crippen molar-refractivity contribution < 1.29 is 4.42 Å². The molecular weight excluding hydrogens is 548 g/mol. The Morgan fingerprint density at radius 1 is 0.400 bits per heavy atom. The van der Waals surface area contributed by atoms with Gasteiger partial charge in [-0.05, 0) is 51.6 Å². The van der Waals surface area contributed by atoms with E-state index >= 15 is 0 Å². The second-order valence-electron chi connectivity index (χ2n) is 11.4. The summed E-state index contributed by atoms with van der Waals surface area (Å²) in [5.74, 6) is 0.687. The van der Waals surface area contributed by atoms with E-state index in [0.29, 0.717) is 5.82 Å². The van der Waals surface area contributed by atoms with Gasteiger partial charge in [0.15, 0.2) is 5.82 Å². The maximum Gasteiger partial charge on any atom is 0.160 e. The third kappa shape index (κ3) is 4.37. The predicted octanol–water partition coefficient (Wildman–Crippen LogP) is 11.4. The van der Waals surface area contributed by atoms with Crippen LogP contribution in [0.4, 0.5) is 0 Å². The Kier molecular flexibility index (Phi) is 5.82. The van der Waals surface area contributed by atoms with Gasteiger partial charge in [0.05, 0.1) is 11.4 Å². The fourth-order valence-corrected chi connectivity index (χ4v) is 6.42. The highest BCUT2D eigenvalue weighted by molar-refractivity contribution is 6.18. The smallest absolute Gasteiger partial charge is 0.160 e. The molecule has 0 amide bonds. The van der Waals surface area contributed by atoms with Crippen LogP contribution in [-0.2, 0) is 0 Å². The van der Waals surface area contributed by atoms with Crippen LogP contribution in [0.3, 0.4) is 0 Å². The molecule has 2 aromatic heterocycles. The van der Waals surface area contributed by atoms with E-state index in [4.69, 9.17) is 14.4 Å². The number of aromatic nitrogens is 2. The molecule has 3 nitrogen and oxygen atoms in total. The summed E-state index contributed by atoms with van der Waals surface area (Å²) in [4.78, 5) is 10.3. The van der Waals surface area contributed by atoms with Crippen LogP contribution in [0, 0.1) is 0 Å². The zero-order valence-electron chi connectivity index (χ0n) is 24.3. The molecule has 0 bridgehead atoms. The number of fused-ring (bicyclic) bond motifs is 6. The highest BCUT2D eigenvalue weighted by Gasteiger charge is 2.17. The van der Waals surface area contributed by atoms with Crippen molar-refractivity contribution in [2.75, 3.05) is 0 Å². The van der Waals surface area contributed by atoms with Crippen molar-refractivity contribution in [3.63, 3.8) is 0 Å². The highest BCUT2D eigenvalue weighted by Crippen LogP contribution is 2.40. The molecular formula is C42H26N2O. The second-order valence-corrected chi connectivity index (χ2v) is 11.4. The van der Waals surface area contributed by atoms with Gasteiger partial charge in [-0.15, -0.1) is 0 Å². The summed E-state index contributed by atoms with van der Waals surface area (Å²) in [6.07, 6.45) is 0. The molecule has 7 aromatic carbocycles. The Morgan fingerprint density at radius 2 is 1.09 bits per heavy atom. The fourth-order valence-electron chi connectivity index (χ4n) is 6.42. The number of rotatable bonds is 4. The molecule has 0 saturated carbocycles. The van der Waals surface area contributed by atoms with Crippen molar-refractivity contribution in [2.24, 2.45) is 0 Å². The molecule has 0 N–H and O–H groups in total. The molecule has 9 rings (SSSR count). The molecule has 3 heteroatoms. The molecule has 9 aromatic rings. The van der Waals surface area contributed by atoms with Gasteiger partial charge in [-0.2, -0.15) is 0 Å². The summed E-state index contributed by atoms with van der Waals surface area (Å²) in [6, 6.07) is 55.0. The third-order valence-corrected chi connectivity index (χ3v) is 8.68. The van der Waals surface area contributed by atoms with E-state index in [1.807, 2.05) is 30.3 Å². The van der Waals surface area contributed by atoms with E-state index in [1.54, 1.807) is 0 Å². The topological polar surface area (TPSA) is 38.9 Å². The summed E-state index contributed by atoms with van der Waals surface area (Å²) in [6.45, 7) is 0. The van der Waals surface area contributed by atoms with Gasteiger partial charge in [0.2, 0.25) is 0 Å². The molecule has 210 valence electrons. The Morgan fingerprint density at radius 3 is 1.96 bits per heavy atom. The summed E-state index contributed by atoms with van der Waals surface area (Å²) in [7, 11) is 0. The van der Waals surface area contributed by atoms with Gasteiger partial charge in [0.25, 0.3) is 0 Å². The van der Waals surface area contributed by atoms with Crippen LogP contribution in [0.15, 0.2) is 162 Å². The number of hydrogen-bond donors (Lipinski definition) is 0. The van der Waals surface area contributed by atoms with E-state index in [2.05, 4.69) is 127 Å². The van der Waals surface area contributed by atoms with Gasteiger partial charge in [-0.1, -0.05) is 133 Å². The number of furan rings is 1. The molecule has 0 fully saturated rings. The van der Waals surface area contributed by atoms with Crippen molar-refractivity contribution in [2.45, 2.75) is 0 Å². The van der Waals surface area contributed by atoms with Crippen LogP contribution >= 0.6 is 0 Å². The molecule has 0 spiro atoms. The van der Waals surface area contributed by atoms with Gasteiger partial charge in [-0.25, -0.2) is 9.97 Å². The van der Waals surface area contributed by atoms with E-state index in [1.165, 1.54) is 16.3 Å².